The Morgan fingerprint density at radius 2 is 2.30 bits per heavy atom. The molecule has 0 saturated heterocycles. The van der Waals surface area contributed by atoms with Gasteiger partial charge in [0.1, 0.15) is 5.82 Å². The van der Waals surface area contributed by atoms with Gasteiger partial charge in [-0.1, -0.05) is 12.1 Å². The molecule has 2 amide bonds. The monoisotopic (exact) mass is 337 g/mol. The van der Waals surface area contributed by atoms with E-state index in [9.17, 15) is 14.3 Å². The molecule has 1 heterocycles. The zero-order valence-electron chi connectivity index (χ0n) is 13.1. The summed E-state index contributed by atoms with van der Waals surface area (Å²) in [6.07, 6.45) is 2.33. The lowest BCUT2D eigenvalue weighted by Gasteiger charge is -2.17. The maximum Gasteiger partial charge on any atom is 0.323 e. The highest BCUT2D eigenvalue weighted by molar-refractivity contribution is 7.15. The van der Waals surface area contributed by atoms with Gasteiger partial charge >= 0.3 is 6.03 Å². The highest BCUT2D eigenvalue weighted by Gasteiger charge is 2.12. The van der Waals surface area contributed by atoms with Gasteiger partial charge in [-0.2, -0.15) is 0 Å². The van der Waals surface area contributed by atoms with E-state index in [0.29, 0.717) is 24.5 Å². The molecule has 0 spiro atoms. The molecular weight excluding hydrogens is 317 g/mol. The van der Waals surface area contributed by atoms with Crippen LogP contribution in [0.25, 0.3) is 0 Å². The van der Waals surface area contributed by atoms with Crippen LogP contribution in [0, 0.1) is 5.82 Å². The van der Waals surface area contributed by atoms with Crippen molar-refractivity contribution >= 4 is 22.5 Å². The maximum atomic E-state index is 13.2. The van der Waals surface area contributed by atoms with Crippen LogP contribution in [0.2, 0.25) is 0 Å². The number of anilines is 1. The van der Waals surface area contributed by atoms with Crippen LogP contribution < -0.4 is 5.32 Å². The summed E-state index contributed by atoms with van der Waals surface area (Å²) in [4.78, 5) is 18.6. The highest BCUT2D eigenvalue weighted by atomic mass is 32.1. The molecule has 1 aromatic carbocycles. The molecule has 1 aromatic heterocycles. The smallest absolute Gasteiger partial charge is 0.323 e. The Labute approximate surface area is 138 Å². The van der Waals surface area contributed by atoms with Crippen LogP contribution >= 0.6 is 11.3 Å². The highest BCUT2D eigenvalue weighted by Crippen LogP contribution is 2.21. The van der Waals surface area contributed by atoms with Crippen LogP contribution in [0.5, 0.6) is 0 Å². The van der Waals surface area contributed by atoms with Gasteiger partial charge in [0.25, 0.3) is 0 Å². The van der Waals surface area contributed by atoms with Gasteiger partial charge in [0.15, 0.2) is 5.13 Å². The quantitative estimate of drug-likeness (QED) is 0.851. The summed E-state index contributed by atoms with van der Waals surface area (Å²) in [7, 11) is 1.67. The van der Waals surface area contributed by atoms with Crippen LogP contribution in [-0.2, 0) is 6.42 Å². The number of urea groups is 1. The lowest BCUT2D eigenvalue weighted by Crippen LogP contribution is -2.33. The number of halogens is 1. The SMILES string of the molecule is CC(O)CCN(C)C(=O)Nc1ncc(Cc2cccc(F)c2)s1. The molecule has 0 fully saturated rings. The van der Waals surface area contributed by atoms with E-state index in [1.165, 1.54) is 28.4 Å². The number of thiazole rings is 1. The third kappa shape index (κ3) is 5.61. The Morgan fingerprint density at radius 3 is 3.00 bits per heavy atom. The molecule has 0 aliphatic carbocycles. The number of carbonyl (C=O) groups excluding carboxylic acids is 1. The topological polar surface area (TPSA) is 65.5 Å². The van der Waals surface area contributed by atoms with Crippen molar-refractivity contribution in [2.24, 2.45) is 0 Å². The predicted octanol–water partition coefficient (Wildman–Crippen LogP) is 3.11. The summed E-state index contributed by atoms with van der Waals surface area (Å²) < 4.78 is 13.2. The fourth-order valence-electron chi connectivity index (χ4n) is 1.96. The normalized spacial score (nSPS) is 12.0. The van der Waals surface area contributed by atoms with Crippen molar-refractivity contribution in [3.05, 3.63) is 46.7 Å². The van der Waals surface area contributed by atoms with E-state index in [-0.39, 0.29) is 11.8 Å². The van der Waals surface area contributed by atoms with Gasteiger partial charge in [-0.25, -0.2) is 14.2 Å². The van der Waals surface area contributed by atoms with E-state index >= 15 is 0 Å². The van der Waals surface area contributed by atoms with Gasteiger partial charge in [0.05, 0.1) is 6.10 Å². The van der Waals surface area contributed by atoms with Crippen LogP contribution in [0.1, 0.15) is 23.8 Å². The number of hydrogen-bond acceptors (Lipinski definition) is 4. The molecule has 0 aliphatic rings. The second kappa shape index (κ2) is 8.03. The van der Waals surface area contributed by atoms with E-state index < -0.39 is 6.10 Å². The molecule has 0 saturated carbocycles. The zero-order chi connectivity index (χ0) is 16.8. The molecule has 2 N–H and O–H groups in total. The van der Waals surface area contributed by atoms with Gasteiger partial charge < -0.3 is 10.0 Å². The largest absolute Gasteiger partial charge is 0.393 e. The molecule has 7 heteroatoms. The van der Waals surface area contributed by atoms with Crippen molar-refractivity contribution in [3.63, 3.8) is 0 Å². The van der Waals surface area contributed by atoms with Crippen LogP contribution in [0.3, 0.4) is 0 Å². The number of amides is 2. The molecule has 0 aliphatic heterocycles. The Hall–Kier alpha value is -1.99. The van der Waals surface area contributed by atoms with E-state index in [1.54, 1.807) is 26.2 Å². The molecule has 1 atom stereocenters. The number of aromatic nitrogens is 1. The average molecular weight is 337 g/mol. The average Bonchev–Trinajstić information content (AvgIpc) is 2.91. The third-order valence-corrected chi connectivity index (χ3v) is 4.18. The summed E-state index contributed by atoms with van der Waals surface area (Å²) in [5.41, 5.74) is 0.862. The minimum Gasteiger partial charge on any atom is -0.393 e. The van der Waals surface area contributed by atoms with Crippen LogP contribution in [0.15, 0.2) is 30.5 Å². The van der Waals surface area contributed by atoms with Gasteiger partial charge in [0, 0.05) is 31.1 Å². The summed E-state index contributed by atoms with van der Waals surface area (Å²) in [6.45, 7) is 2.15. The molecule has 2 rings (SSSR count). The molecule has 124 valence electrons. The molecule has 1 unspecified atom stereocenters. The molecular formula is C16H20FN3O2S. The third-order valence-electron chi connectivity index (χ3n) is 3.26. The van der Waals surface area contributed by atoms with Crippen molar-refractivity contribution in [1.29, 1.82) is 0 Å². The Morgan fingerprint density at radius 1 is 1.52 bits per heavy atom. The first kappa shape index (κ1) is 17.4. The van der Waals surface area contributed by atoms with Crippen LogP contribution in [0.4, 0.5) is 14.3 Å². The minimum atomic E-state index is -0.442. The Kier molecular flexibility index (Phi) is 6.06. The molecule has 5 nitrogen and oxygen atoms in total. The van der Waals surface area contributed by atoms with Crippen LogP contribution in [-0.4, -0.2) is 40.7 Å². The fraction of sp³-hybridized carbons (Fsp3) is 0.375. The first-order valence-electron chi connectivity index (χ1n) is 7.33. The number of nitrogens with one attached hydrogen (secondary N) is 1. The number of carbonyl (C=O) groups is 1. The van der Waals surface area contributed by atoms with Crippen molar-refractivity contribution in [1.82, 2.24) is 9.88 Å². The first-order chi connectivity index (χ1) is 10.9. The molecule has 0 bridgehead atoms. The minimum absolute atomic E-state index is 0.264. The summed E-state index contributed by atoms with van der Waals surface area (Å²) in [6, 6.07) is 6.15. The second-order valence-corrected chi connectivity index (χ2v) is 6.54. The van der Waals surface area contributed by atoms with Gasteiger partial charge in [-0.3, -0.25) is 5.32 Å². The summed E-state index contributed by atoms with van der Waals surface area (Å²) in [5, 5.41) is 12.5. The molecule has 0 radical (unpaired) electrons. The zero-order valence-corrected chi connectivity index (χ0v) is 13.9. The molecule has 2 aromatic rings. The van der Waals surface area contributed by atoms with Crippen molar-refractivity contribution < 1.29 is 14.3 Å². The van der Waals surface area contributed by atoms with Gasteiger partial charge in [-0.15, -0.1) is 11.3 Å². The van der Waals surface area contributed by atoms with E-state index in [1.807, 2.05) is 6.07 Å². The Balaban J connectivity index is 1.90. The number of hydrogen-bond donors (Lipinski definition) is 2. The standard InChI is InChI=1S/C16H20FN3O2S/c1-11(21)6-7-20(2)16(22)19-15-18-10-14(23-15)9-12-4-3-5-13(17)8-12/h3-5,8,10-11,21H,6-7,9H2,1-2H3,(H,18,19,22). The lowest BCUT2D eigenvalue weighted by atomic mass is 10.1. The Bertz CT molecular complexity index is 660. The molecule has 23 heavy (non-hydrogen) atoms. The number of benzene rings is 1. The van der Waals surface area contributed by atoms with Crippen molar-refractivity contribution in [2.45, 2.75) is 25.9 Å². The predicted molar refractivity (Wildman–Crippen MR) is 89.3 cm³/mol. The fourth-order valence-corrected chi connectivity index (χ4v) is 2.80. The maximum absolute atomic E-state index is 13.2. The van der Waals surface area contributed by atoms with Gasteiger partial charge in [-0.05, 0) is 31.0 Å². The lowest BCUT2D eigenvalue weighted by molar-refractivity contribution is 0.167. The van der Waals surface area contributed by atoms with E-state index in [2.05, 4.69) is 10.3 Å². The summed E-state index contributed by atoms with van der Waals surface area (Å²) >= 11 is 1.36. The summed E-state index contributed by atoms with van der Waals surface area (Å²) in [5.74, 6) is -0.264. The first-order valence-corrected chi connectivity index (χ1v) is 8.15. The number of rotatable bonds is 6. The van der Waals surface area contributed by atoms with E-state index in [0.717, 1.165) is 10.4 Å². The van der Waals surface area contributed by atoms with Gasteiger partial charge in [0.2, 0.25) is 0 Å². The second-order valence-electron chi connectivity index (χ2n) is 5.43. The number of aliphatic hydroxyl groups is 1. The van der Waals surface area contributed by atoms with Crippen molar-refractivity contribution in [2.75, 3.05) is 18.9 Å². The number of aliphatic hydroxyl groups excluding tert-OH is 1. The van der Waals surface area contributed by atoms with E-state index in [4.69, 9.17) is 0 Å². The number of nitrogens with zero attached hydrogens (tertiary/aromatic N) is 2. The van der Waals surface area contributed by atoms with Crippen molar-refractivity contribution in [3.8, 4) is 0 Å².